The first-order chi connectivity index (χ1) is 12.7. The van der Waals surface area contributed by atoms with Crippen LogP contribution in [0.3, 0.4) is 0 Å². The molecule has 2 aromatic carbocycles. The van der Waals surface area contributed by atoms with Gasteiger partial charge in [0.05, 0.1) is 30.1 Å². The van der Waals surface area contributed by atoms with Gasteiger partial charge >= 0.3 is 6.03 Å². The smallest absolute Gasteiger partial charge is 0.317 e. The van der Waals surface area contributed by atoms with Crippen LogP contribution in [0.15, 0.2) is 60.8 Å². The van der Waals surface area contributed by atoms with Gasteiger partial charge in [0.1, 0.15) is 5.69 Å². The molecule has 0 spiro atoms. The number of rotatable bonds is 5. The predicted octanol–water partition coefficient (Wildman–Crippen LogP) is 2.48. The number of nitrogens with zero attached hydrogens (tertiary/aromatic N) is 5. The van der Waals surface area contributed by atoms with Gasteiger partial charge in [-0.1, -0.05) is 30.3 Å². The van der Waals surface area contributed by atoms with Gasteiger partial charge in [-0.15, -0.1) is 0 Å². The van der Waals surface area contributed by atoms with Crippen molar-refractivity contribution in [1.82, 2.24) is 25.2 Å². The highest BCUT2D eigenvalue weighted by atomic mass is 16.2. The molecule has 0 fully saturated rings. The van der Waals surface area contributed by atoms with E-state index in [1.165, 1.54) is 4.80 Å². The molecule has 130 valence electrons. The lowest BCUT2D eigenvalue weighted by molar-refractivity contribution is 0.206. The monoisotopic (exact) mass is 346 g/mol. The van der Waals surface area contributed by atoms with Gasteiger partial charge in [-0.2, -0.15) is 20.3 Å². The van der Waals surface area contributed by atoms with E-state index in [0.29, 0.717) is 24.3 Å². The lowest BCUT2D eigenvalue weighted by atomic mass is 10.1. The van der Waals surface area contributed by atoms with Crippen molar-refractivity contribution < 1.29 is 4.79 Å². The van der Waals surface area contributed by atoms with Crippen LogP contribution in [0.1, 0.15) is 16.8 Å². The van der Waals surface area contributed by atoms with Crippen LogP contribution >= 0.6 is 0 Å². The highest BCUT2D eigenvalue weighted by Gasteiger charge is 2.11. The molecule has 0 unspecified atom stereocenters. The minimum Gasteiger partial charge on any atom is -0.334 e. The number of nitrogens with one attached hydrogen (secondary N) is 1. The number of aromatic nitrogens is 3. The Morgan fingerprint density at radius 2 is 1.92 bits per heavy atom. The molecule has 1 aromatic heterocycles. The Hall–Kier alpha value is -3.66. The number of amides is 2. The molecule has 3 aromatic rings. The van der Waals surface area contributed by atoms with Crippen molar-refractivity contribution in [2.75, 3.05) is 7.05 Å². The summed E-state index contributed by atoms with van der Waals surface area (Å²) in [6, 6.07) is 18.6. The lowest BCUT2D eigenvalue weighted by Gasteiger charge is -2.16. The Labute approximate surface area is 151 Å². The zero-order valence-corrected chi connectivity index (χ0v) is 14.3. The minimum atomic E-state index is -0.205. The molecule has 0 atom stereocenters. The standard InChI is InChI=1S/C19H18N6O/c1-24(19(26)21-12-16-9-7-15(11-20)8-10-16)14-17-13-22-25(23-17)18-5-3-2-4-6-18/h2-10,13H,12,14H2,1H3,(H,21,26). The molecule has 7 nitrogen and oxygen atoms in total. The molecular weight excluding hydrogens is 328 g/mol. The Bertz CT molecular complexity index is 911. The van der Waals surface area contributed by atoms with E-state index in [2.05, 4.69) is 21.6 Å². The topological polar surface area (TPSA) is 86.8 Å². The minimum absolute atomic E-state index is 0.205. The summed E-state index contributed by atoms with van der Waals surface area (Å²) in [6.07, 6.45) is 1.65. The SMILES string of the molecule is CN(Cc1cnn(-c2ccccc2)n1)C(=O)NCc1ccc(C#N)cc1. The van der Waals surface area contributed by atoms with Crippen LogP contribution in [0.25, 0.3) is 5.69 Å². The van der Waals surface area contributed by atoms with E-state index in [4.69, 9.17) is 5.26 Å². The van der Waals surface area contributed by atoms with E-state index in [1.54, 1.807) is 30.3 Å². The molecule has 0 saturated heterocycles. The largest absolute Gasteiger partial charge is 0.334 e. The van der Waals surface area contributed by atoms with E-state index < -0.39 is 0 Å². The van der Waals surface area contributed by atoms with Crippen molar-refractivity contribution in [3.05, 3.63) is 77.6 Å². The summed E-state index contributed by atoms with van der Waals surface area (Å²) in [5, 5.41) is 20.3. The normalized spacial score (nSPS) is 10.2. The maximum Gasteiger partial charge on any atom is 0.317 e. The van der Waals surface area contributed by atoms with Gasteiger partial charge in [0.15, 0.2) is 0 Å². The molecule has 0 aliphatic carbocycles. The van der Waals surface area contributed by atoms with E-state index in [0.717, 1.165) is 11.3 Å². The van der Waals surface area contributed by atoms with Gasteiger partial charge in [0.2, 0.25) is 0 Å². The average Bonchev–Trinajstić information content (AvgIpc) is 3.15. The Kier molecular flexibility index (Phi) is 5.25. The van der Waals surface area contributed by atoms with Gasteiger partial charge in [-0.3, -0.25) is 0 Å². The van der Waals surface area contributed by atoms with Crippen LogP contribution in [0.2, 0.25) is 0 Å². The highest BCUT2D eigenvalue weighted by Crippen LogP contribution is 2.06. The third kappa shape index (κ3) is 4.24. The highest BCUT2D eigenvalue weighted by molar-refractivity contribution is 5.73. The number of benzene rings is 2. The maximum absolute atomic E-state index is 12.2. The van der Waals surface area contributed by atoms with E-state index in [-0.39, 0.29) is 6.03 Å². The Morgan fingerprint density at radius 1 is 1.19 bits per heavy atom. The summed E-state index contributed by atoms with van der Waals surface area (Å²) in [5.74, 6) is 0. The second-order valence-electron chi connectivity index (χ2n) is 5.78. The molecule has 0 saturated carbocycles. The molecular formula is C19H18N6O. The van der Waals surface area contributed by atoms with Gasteiger partial charge in [0, 0.05) is 13.6 Å². The van der Waals surface area contributed by atoms with Crippen molar-refractivity contribution >= 4 is 6.03 Å². The quantitative estimate of drug-likeness (QED) is 0.769. The van der Waals surface area contributed by atoms with Crippen molar-refractivity contribution in [1.29, 1.82) is 5.26 Å². The third-order valence-corrected chi connectivity index (χ3v) is 3.80. The molecule has 0 aliphatic rings. The summed E-state index contributed by atoms with van der Waals surface area (Å²) in [4.78, 5) is 15.3. The summed E-state index contributed by atoms with van der Waals surface area (Å²) in [7, 11) is 1.70. The first-order valence-electron chi connectivity index (χ1n) is 8.10. The van der Waals surface area contributed by atoms with Crippen LogP contribution in [0.5, 0.6) is 0 Å². The van der Waals surface area contributed by atoms with Crippen LogP contribution in [0, 0.1) is 11.3 Å². The second-order valence-corrected chi connectivity index (χ2v) is 5.78. The number of carbonyl (C=O) groups is 1. The molecule has 3 rings (SSSR count). The van der Waals surface area contributed by atoms with Crippen molar-refractivity contribution in [2.45, 2.75) is 13.1 Å². The zero-order valence-electron chi connectivity index (χ0n) is 14.3. The van der Waals surface area contributed by atoms with Crippen LogP contribution in [-0.2, 0) is 13.1 Å². The molecule has 1 heterocycles. The van der Waals surface area contributed by atoms with E-state index in [1.807, 2.05) is 42.5 Å². The average molecular weight is 346 g/mol. The summed E-state index contributed by atoms with van der Waals surface area (Å²) < 4.78 is 0. The fraction of sp³-hybridized carbons (Fsp3) is 0.158. The maximum atomic E-state index is 12.2. The second kappa shape index (κ2) is 7.94. The number of hydrogen-bond acceptors (Lipinski definition) is 4. The number of nitriles is 1. The molecule has 0 bridgehead atoms. The van der Waals surface area contributed by atoms with Crippen molar-refractivity contribution in [2.24, 2.45) is 0 Å². The molecule has 0 radical (unpaired) electrons. The van der Waals surface area contributed by atoms with Crippen molar-refractivity contribution in [3.8, 4) is 11.8 Å². The molecule has 2 amide bonds. The molecule has 7 heteroatoms. The van der Waals surface area contributed by atoms with Gasteiger partial charge in [0.25, 0.3) is 0 Å². The van der Waals surface area contributed by atoms with Gasteiger partial charge < -0.3 is 10.2 Å². The Balaban J connectivity index is 1.54. The summed E-state index contributed by atoms with van der Waals surface area (Å²) in [5.41, 5.74) is 3.09. The summed E-state index contributed by atoms with van der Waals surface area (Å²) in [6.45, 7) is 0.748. The number of hydrogen-bond donors (Lipinski definition) is 1. The van der Waals surface area contributed by atoms with Crippen LogP contribution in [-0.4, -0.2) is 33.0 Å². The fourth-order valence-corrected chi connectivity index (χ4v) is 2.38. The van der Waals surface area contributed by atoms with E-state index in [9.17, 15) is 4.79 Å². The number of urea groups is 1. The lowest BCUT2D eigenvalue weighted by Crippen LogP contribution is -2.36. The molecule has 1 N–H and O–H groups in total. The van der Waals surface area contributed by atoms with Crippen molar-refractivity contribution in [3.63, 3.8) is 0 Å². The molecule has 26 heavy (non-hydrogen) atoms. The summed E-state index contributed by atoms with van der Waals surface area (Å²) >= 11 is 0. The van der Waals surface area contributed by atoms with E-state index >= 15 is 0 Å². The molecule has 0 aliphatic heterocycles. The Morgan fingerprint density at radius 3 is 2.62 bits per heavy atom. The predicted molar refractivity (Wildman–Crippen MR) is 96.2 cm³/mol. The van der Waals surface area contributed by atoms with Crippen LogP contribution < -0.4 is 5.32 Å². The zero-order chi connectivity index (χ0) is 18.4. The number of para-hydroxylation sites is 1. The first kappa shape index (κ1) is 17.2. The fourth-order valence-electron chi connectivity index (χ4n) is 2.38. The number of carbonyl (C=O) groups excluding carboxylic acids is 1. The van der Waals surface area contributed by atoms with Gasteiger partial charge in [-0.05, 0) is 29.8 Å². The first-order valence-corrected chi connectivity index (χ1v) is 8.10. The van der Waals surface area contributed by atoms with Crippen LogP contribution in [0.4, 0.5) is 4.79 Å². The third-order valence-electron chi connectivity index (χ3n) is 3.80. The van der Waals surface area contributed by atoms with Gasteiger partial charge in [-0.25, -0.2) is 4.79 Å².